The molecule has 0 saturated carbocycles. The summed E-state index contributed by atoms with van der Waals surface area (Å²) in [5.74, 6) is 0. The van der Waals surface area contributed by atoms with Gasteiger partial charge >= 0.3 is 0 Å². The van der Waals surface area contributed by atoms with E-state index in [2.05, 4.69) is 26.1 Å². The second kappa shape index (κ2) is 3.54. The van der Waals surface area contributed by atoms with Gasteiger partial charge in [0.1, 0.15) is 5.52 Å². The Morgan fingerprint density at radius 1 is 1.47 bits per heavy atom. The van der Waals surface area contributed by atoms with Gasteiger partial charge in [0.15, 0.2) is 0 Å². The first-order chi connectivity index (χ1) is 8.08. The highest BCUT2D eigenvalue weighted by molar-refractivity contribution is 9.10. The topological polar surface area (TPSA) is 57.1 Å². The van der Waals surface area contributed by atoms with Crippen LogP contribution in [0, 0.1) is 12.1 Å². The van der Waals surface area contributed by atoms with Crippen LogP contribution in [0.1, 0.15) is 5.69 Å². The second-order valence-electron chi connectivity index (χ2n) is 3.64. The van der Waals surface area contributed by atoms with Crippen LogP contribution in [0.5, 0.6) is 0 Å². The largest absolute Gasteiger partial charge is 0.594 e. The van der Waals surface area contributed by atoms with E-state index in [1.807, 2.05) is 6.92 Å². The van der Waals surface area contributed by atoms with Crippen molar-refractivity contribution in [3.05, 3.63) is 38.6 Å². The van der Waals surface area contributed by atoms with Crippen molar-refractivity contribution in [1.82, 2.24) is 14.7 Å². The molecule has 17 heavy (non-hydrogen) atoms. The standard InChI is InChI=1S/C10H6BrClN4O/c1-5-9(11)10-14-16(17)7-3-2-6(12)4-8(7)15(10)13-5/h2-4H,1H3. The smallest absolute Gasteiger partial charge is 0.270 e. The first kappa shape index (κ1) is 10.7. The van der Waals surface area contributed by atoms with Crippen LogP contribution < -0.4 is 4.85 Å². The molecule has 3 aromatic rings. The number of nitrogens with zero attached hydrogens (tertiary/aromatic N) is 4. The monoisotopic (exact) mass is 312 g/mol. The Labute approximate surface area is 109 Å². The number of benzene rings is 1. The third kappa shape index (κ3) is 1.48. The van der Waals surface area contributed by atoms with Crippen LogP contribution in [-0.2, 0) is 0 Å². The molecule has 0 aliphatic rings. The summed E-state index contributed by atoms with van der Waals surface area (Å²) in [5, 5.41) is 20.6. The average molecular weight is 314 g/mol. The molecular formula is C10H6BrClN4O. The maximum atomic E-state index is 11.8. The van der Waals surface area contributed by atoms with E-state index < -0.39 is 0 Å². The average Bonchev–Trinajstić information content (AvgIpc) is 2.57. The van der Waals surface area contributed by atoms with Crippen molar-refractivity contribution in [1.29, 1.82) is 0 Å². The van der Waals surface area contributed by atoms with Gasteiger partial charge in [0.25, 0.3) is 5.52 Å². The summed E-state index contributed by atoms with van der Waals surface area (Å²) in [5.41, 5.74) is 2.31. The second-order valence-corrected chi connectivity index (χ2v) is 4.87. The molecule has 0 N–H and O–H groups in total. The summed E-state index contributed by atoms with van der Waals surface area (Å²) in [6.45, 7) is 1.84. The van der Waals surface area contributed by atoms with Crippen molar-refractivity contribution in [3.8, 4) is 0 Å². The highest BCUT2D eigenvalue weighted by atomic mass is 79.9. The molecule has 0 unspecified atom stereocenters. The number of rotatable bonds is 0. The van der Waals surface area contributed by atoms with Crippen molar-refractivity contribution in [2.24, 2.45) is 0 Å². The van der Waals surface area contributed by atoms with Gasteiger partial charge in [-0.1, -0.05) is 11.6 Å². The molecule has 0 saturated heterocycles. The summed E-state index contributed by atoms with van der Waals surface area (Å²) in [7, 11) is 0. The highest BCUT2D eigenvalue weighted by Crippen LogP contribution is 2.23. The van der Waals surface area contributed by atoms with E-state index in [0.717, 1.165) is 5.69 Å². The molecule has 0 bridgehead atoms. The Morgan fingerprint density at radius 2 is 2.24 bits per heavy atom. The number of aromatic nitrogens is 4. The van der Waals surface area contributed by atoms with Crippen LogP contribution >= 0.6 is 27.5 Å². The molecule has 5 nitrogen and oxygen atoms in total. The Hall–Kier alpha value is -1.40. The predicted molar refractivity (Wildman–Crippen MR) is 66.9 cm³/mol. The summed E-state index contributed by atoms with van der Waals surface area (Å²) in [4.78, 5) is 0.576. The van der Waals surface area contributed by atoms with Crippen LogP contribution in [0.25, 0.3) is 16.7 Å². The minimum atomic E-state index is 0.428. The lowest BCUT2D eigenvalue weighted by Crippen LogP contribution is -2.33. The molecule has 0 atom stereocenters. The van der Waals surface area contributed by atoms with E-state index in [0.29, 0.717) is 31.0 Å². The van der Waals surface area contributed by atoms with Crippen molar-refractivity contribution in [3.63, 3.8) is 0 Å². The van der Waals surface area contributed by atoms with E-state index in [1.165, 1.54) is 0 Å². The number of halogens is 2. The molecule has 0 spiro atoms. The molecule has 86 valence electrons. The summed E-state index contributed by atoms with van der Waals surface area (Å²) in [6.07, 6.45) is 0. The van der Waals surface area contributed by atoms with Crippen molar-refractivity contribution < 1.29 is 4.85 Å². The summed E-state index contributed by atoms with van der Waals surface area (Å²) < 4.78 is 2.32. The minimum absolute atomic E-state index is 0.428. The fourth-order valence-electron chi connectivity index (χ4n) is 1.72. The van der Waals surface area contributed by atoms with Gasteiger partial charge in [-0.15, -0.1) is 0 Å². The SMILES string of the molecule is Cc1nn2c(n[n+]([O-])c3ccc(Cl)cc32)c1Br. The lowest BCUT2D eigenvalue weighted by atomic mass is 10.3. The molecule has 0 fully saturated rings. The Bertz CT molecular complexity index is 755. The van der Waals surface area contributed by atoms with E-state index in [4.69, 9.17) is 11.6 Å². The van der Waals surface area contributed by atoms with Crippen molar-refractivity contribution >= 4 is 44.2 Å². The van der Waals surface area contributed by atoms with Crippen molar-refractivity contribution in [2.45, 2.75) is 6.92 Å². The maximum absolute atomic E-state index is 11.8. The van der Waals surface area contributed by atoms with E-state index in [9.17, 15) is 5.21 Å². The third-order valence-corrected chi connectivity index (χ3v) is 3.69. The Morgan fingerprint density at radius 3 is 3.00 bits per heavy atom. The van der Waals surface area contributed by atoms with Gasteiger partial charge in [0.05, 0.1) is 10.2 Å². The van der Waals surface area contributed by atoms with Crippen molar-refractivity contribution in [2.75, 3.05) is 0 Å². The van der Waals surface area contributed by atoms with Crippen LogP contribution in [-0.4, -0.2) is 14.7 Å². The Kier molecular flexibility index (Phi) is 2.24. The molecular weight excluding hydrogens is 307 g/mol. The van der Waals surface area contributed by atoms with E-state index in [-0.39, 0.29) is 0 Å². The van der Waals surface area contributed by atoms with Gasteiger partial charge in [-0.05, 0) is 39.8 Å². The molecule has 7 heteroatoms. The van der Waals surface area contributed by atoms with Gasteiger partial charge < -0.3 is 5.21 Å². The molecule has 3 rings (SSSR count). The zero-order valence-corrected chi connectivity index (χ0v) is 11.0. The quantitative estimate of drug-likeness (QED) is 0.472. The molecule has 2 aromatic heterocycles. The zero-order chi connectivity index (χ0) is 12.2. The minimum Gasteiger partial charge on any atom is -0.594 e. The Balaban J connectivity index is 2.62. The van der Waals surface area contributed by atoms with Crippen LogP contribution in [0.15, 0.2) is 22.7 Å². The van der Waals surface area contributed by atoms with Crippen LogP contribution in [0.4, 0.5) is 0 Å². The fourth-order valence-corrected chi connectivity index (χ4v) is 2.21. The lowest BCUT2D eigenvalue weighted by Gasteiger charge is -2.01. The maximum Gasteiger partial charge on any atom is 0.270 e. The first-order valence-electron chi connectivity index (χ1n) is 4.82. The number of fused-ring (bicyclic) bond motifs is 3. The molecule has 0 amide bonds. The zero-order valence-electron chi connectivity index (χ0n) is 8.69. The van der Waals surface area contributed by atoms with Gasteiger partial charge in [-0.3, -0.25) is 0 Å². The normalized spacial score (nSPS) is 11.5. The number of hydrogen-bond donors (Lipinski definition) is 0. The molecule has 2 heterocycles. The fraction of sp³-hybridized carbons (Fsp3) is 0.100. The number of hydrogen-bond acceptors (Lipinski definition) is 3. The molecule has 0 radical (unpaired) electrons. The van der Waals surface area contributed by atoms with Crippen LogP contribution in [0.2, 0.25) is 5.02 Å². The van der Waals surface area contributed by atoms with Crippen LogP contribution in [0.3, 0.4) is 0 Å². The molecule has 1 aromatic carbocycles. The van der Waals surface area contributed by atoms with E-state index in [1.54, 1.807) is 22.7 Å². The van der Waals surface area contributed by atoms with Gasteiger partial charge in [-0.2, -0.15) is 5.10 Å². The highest BCUT2D eigenvalue weighted by Gasteiger charge is 2.17. The molecule has 0 aliphatic carbocycles. The predicted octanol–water partition coefficient (Wildman–Crippen LogP) is 2.24. The van der Waals surface area contributed by atoms with E-state index >= 15 is 0 Å². The van der Waals surface area contributed by atoms with Gasteiger partial charge in [0, 0.05) is 16.2 Å². The van der Waals surface area contributed by atoms with Gasteiger partial charge in [0.2, 0.25) is 5.65 Å². The van der Waals surface area contributed by atoms with Gasteiger partial charge in [-0.25, -0.2) is 4.52 Å². The number of aryl methyl sites for hydroxylation is 1. The summed E-state index contributed by atoms with van der Waals surface area (Å²) >= 11 is 9.29. The molecule has 0 aliphatic heterocycles. The first-order valence-corrected chi connectivity index (χ1v) is 5.99. The summed E-state index contributed by atoms with van der Waals surface area (Å²) in [6, 6.07) is 4.97. The lowest BCUT2D eigenvalue weighted by molar-refractivity contribution is -0.640. The third-order valence-electron chi connectivity index (χ3n) is 2.52.